The largest absolute Gasteiger partial charge is 0.310 e. The fraction of sp³-hybridized carbons (Fsp3) is 0.125. The van der Waals surface area contributed by atoms with Crippen LogP contribution in [-0.4, -0.2) is 22.6 Å². The Hall–Kier alpha value is -5.73. The van der Waals surface area contributed by atoms with Crippen LogP contribution in [0.5, 0.6) is 0 Å². The number of rotatable bonds is 2. The minimum absolute atomic E-state index is 0.0946. The fourth-order valence-electron chi connectivity index (χ4n) is 10.8. The molecule has 4 heterocycles. The highest BCUT2D eigenvalue weighted by molar-refractivity contribution is 7.00. The van der Waals surface area contributed by atoms with Gasteiger partial charge in [-0.15, -0.1) is 0 Å². The quantitative estimate of drug-likeness (QED) is 0.171. The molecule has 0 aliphatic carbocycles. The van der Waals surface area contributed by atoms with Gasteiger partial charge in [0.15, 0.2) is 0 Å². The van der Waals surface area contributed by atoms with E-state index in [1.54, 1.807) is 0 Å². The lowest BCUT2D eigenvalue weighted by atomic mass is 9.32. The minimum atomic E-state index is 0.0946. The summed E-state index contributed by atoms with van der Waals surface area (Å²) in [6, 6.07) is 46.7. The average molecular weight is 664 g/mol. The van der Waals surface area contributed by atoms with Gasteiger partial charge >= 0.3 is 0 Å². The van der Waals surface area contributed by atoms with Crippen LogP contribution in [0.25, 0.3) is 55.0 Å². The molecule has 0 unspecified atom stereocenters. The maximum atomic E-state index is 2.60. The van der Waals surface area contributed by atoms with Gasteiger partial charge in [0.25, 0.3) is 0 Å². The van der Waals surface area contributed by atoms with Crippen LogP contribution in [0.2, 0.25) is 0 Å². The van der Waals surface area contributed by atoms with Crippen molar-refractivity contribution in [3.8, 4) is 11.4 Å². The number of fused-ring (bicyclic) bond motifs is 10. The zero-order chi connectivity index (χ0) is 35.2. The van der Waals surface area contributed by atoms with E-state index in [0.717, 1.165) is 0 Å². The van der Waals surface area contributed by atoms with Crippen LogP contribution < -0.4 is 32.8 Å². The van der Waals surface area contributed by atoms with Gasteiger partial charge in [0.05, 0.1) is 11.0 Å². The van der Waals surface area contributed by atoms with Crippen LogP contribution in [0, 0.1) is 41.5 Å². The molecule has 0 radical (unpaired) electrons. The molecule has 2 aliphatic heterocycles. The van der Waals surface area contributed by atoms with Gasteiger partial charge in [0.2, 0.25) is 13.4 Å². The lowest BCUT2D eigenvalue weighted by Crippen LogP contribution is -2.61. The zero-order valence-electron chi connectivity index (χ0n) is 30.6. The molecule has 0 fully saturated rings. The summed E-state index contributed by atoms with van der Waals surface area (Å²) in [7, 11) is 0. The summed E-state index contributed by atoms with van der Waals surface area (Å²) in [4.78, 5) is 0. The topological polar surface area (TPSA) is 9.86 Å². The maximum absolute atomic E-state index is 2.60. The van der Waals surface area contributed by atoms with Gasteiger partial charge in [-0.3, -0.25) is 0 Å². The first kappa shape index (κ1) is 29.9. The van der Waals surface area contributed by atoms with Crippen molar-refractivity contribution in [1.82, 2.24) is 9.13 Å². The molecule has 0 saturated heterocycles. The van der Waals surface area contributed by atoms with E-state index in [1.165, 1.54) is 121 Å². The normalized spacial score (nSPS) is 13.1. The summed E-state index contributed by atoms with van der Waals surface area (Å²) in [6.07, 6.45) is 0. The number of hydrogen-bond acceptors (Lipinski definition) is 0. The summed E-state index contributed by atoms with van der Waals surface area (Å²) in [5.74, 6) is 0. The molecule has 11 rings (SSSR count). The Morgan fingerprint density at radius 3 is 1.13 bits per heavy atom. The molecule has 7 aromatic carbocycles. The van der Waals surface area contributed by atoms with Crippen molar-refractivity contribution in [2.75, 3.05) is 0 Å². The summed E-state index contributed by atoms with van der Waals surface area (Å²) in [6.45, 7) is 13.9. The van der Waals surface area contributed by atoms with Crippen LogP contribution in [0.3, 0.4) is 0 Å². The van der Waals surface area contributed by atoms with E-state index in [4.69, 9.17) is 0 Å². The number of hydrogen-bond donors (Lipinski definition) is 0. The standard InChI is InChI=1S/C48H38B2N2/c1-27-21-29(3)45(30(4)22-27)49-37-17-11-15-35-33-13-7-9-19-41(33)51(47(35)37)43-26-40-44(25-39(43)49)52-42-20-10-8-14-34(42)36-16-12-18-38(48(36)52)50(40)46-31(5)23-28(2)24-32(46)6/h7-26H,1-6H3. The lowest BCUT2D eigenvalue weighted by molar-refractivity contribution is 1.16. The number of nitrogens with zero attached hydrogens (tertiary/aromatic N) is 2. The molecule has 52 heavy (non-hydrogen) atoms. The Balaban J connectivity index is 1.36. The molecule has 0 bridgehead atoms. The zero-order valence-corrected chi connectivity index (χ0v) is 30.6. The van der Waals surface area contributed by atoms with Crippen molar-refractivity contribution in [2.45, 2.75) is 41.5 Å². The van der Waals surface area contributed by atoms with Gasteiger partial charge in [-0.1, -0.05) is 141 Å². The van der Waals surface area contributed by atoms with Crippen LogP contribution in [-0.2, 0) is 0 Å². The third-order valence-corrected chi connectivity index (χ3v) is 12.4. The average Bonchev–Trinajstić information content (AvgIpc) is 3.65. The van der Waals surface area contributed by atoms with Gasteiger partial charge in [-0.2, -0.15) is 0 Å². The highest BCUT2D eigenvalue weighted by Gasteiger charge is 2.40. The van der Waals surface area contributed by atoms with Crippen molar-refractivity contribution >= 4 is 89.8 Å². The minimum Gasteiger partial charge on any atom is -0.310 e. The summed E-state index contributed by atoms with van der Waals surface area (Å²) >= 11 is 0. The van der Waals surface area contributed by atoms with Gasteiger partial charge in [0, 0.05) is 44.0 Å². The molecule has 9 aromatic rings. The maximum Gasteiger partial charge on any atom is 0.247 e. The van der Waals surface area contributed by atoms with Crippen LogP contribution >= 0.6 is 0 Å². The Morgan fingerprint density at radius 2 is 0.731 bits per heavy atom. The van der Waals surface area contributed by atoms with Gasteiger partial charge in [-0.25, -0.2) is 0 Å². The molecule has 0 atom stereocenters. The van der Waals surface area contributed by atoms with Crippen molar-refractivity contribution in [3.63, 3.8) is 0 Å². The third kappa shape index (κ3) is 3.77. The Bertz CT molecular complexity index is 2800. The highest BCUT2D eigenvalue weighted by Crippen LogP contribution is 2.37. The Kier molecular flexibility index (Phi) is 6.00. The van der Waals surface area contributed by atoms with Gasteiger partial charge in [-0.05, 0) is 87.7 Å². The molecule has 4 heteroatoms. The Labute approximate surface area is 305 Å². The van der Waals surface area contributed by atoms with E-state index < -0.39 is 0 Å². The number of aryl methyl sites for hydroxylation is 6. The van der Waals surface area contributed by atoms with E-state index >= 15 is 0 Å². The SMILES string of the molecule is Cc1cc(C)c(B2c3cc4c(cc3-n3c5ccccc5c5cccc2c53)B(c2c(C)cc(C)cc2C)c2cccc3c5ccccc5n-4c23)c(C)c1. The monoisotopic (exact) mass is 664 g/mol. The molecule has 2 nitrogen and oxygen atoms in total. The summed E-state index contributed by atoms with van der Waals surface area (Å²) < 4.78 is 5.20. The molecule has 246 valence electrons. The molecule has 0 amide bonds. The second kappa shape index (κ2) is 10.4. The lowest BCUT2D eigenvalue weighted by Gasteiger charge is -2.34. The van der Waals surface area contributed by atoms with Gasteiger partial charge < -0.3 is 9.13 Å². The van der Waals surface area contributed by atoms with E-state index in [0.29, 0.717) is 0 Å². The van der Waals surface area contributed by atoms with E-state index in [2.05, 4.69) is 172 Å². The third-order valence-electron chi connectivity index (χ3n) is 12.4. The fourth-order valence-corrected chi connectivity index (χ4v) is 10.8. The van der Waals surface area contributed by atoms with Crippen LogP contribution in [0.1, 0.15) is 33.4 Å². The summed E-state index contributed by atoms with van der Waals surface area (Å²) in [5, 5.41) is 5.28. The molecule has 0 saturated carbocycles. The van der Waals surface area contributed by atoms with E-state index in [-0.39, 0.29) is 13.4 Å². The molecular formula is C48H38B2N2. The van der Waals surface area contributed by atoms with Crippen molar-refractivity contribution in [3.05, 3.63) is 155 Å². The smallest absolute Gasteiger partial charge is 0.247 e. The predicted molar refractivity (Wildman–Crippen MR) is 226 cm³/mol. The second-order valence-corrected chi connectivity index (χ2v) is 15.7. The first-order valence-corrected chi connectivity index (χ1v) is 18.7. The molecule has 2 aromatic heterocycles. The summed E-state index contributed by atoms with van der Waals surface area (Å²) in [5.41, 5.74) is 24.2. The van der Waals surface area contributed by atoms with Crippen molar-refractivity contribution in [1.29, 1.82) is 0 Å². The molecule has 2 aliphatic rings. The van der Waals surface area contributed by atoms with Crippen molar-refractivity contribution < 1.29 is 0 Å². The predicted octanol–water partition coefficient (Wildman–Crippen LogP) is 7.39. The second-order valence-electron chi connectivity index (χ2n) is 15.7. The molecule has 0 spiro atoms. The Morgan fingerprint density at radius 1 is 0.365 bits per heavy atom. The first-order valence-electron chi connectivity index (χ1n) is 18.7. The number of para-hydroxylation sites is 4. The van der Waals surface area contributed by atoms with E-state index in [1.807, 2.05) is 0 Å². The number of aromatic nitrogens is 2. The number of benzene rings is 7. The highest BCUT2D eigenvalue weighted by atomic mass is 15.0. The molecule has 0 N–H and O–H groups in total. The van der Waals surface area contributed by atoms with Gasteiger partial charge in [0.1, 0.15) is 0 Å². The van der Waals surface area contributed by atoms with Crippen LogP contribution in [0.4, 0.5) is 0 Å². The first-order chi connectivity index (χ1) is 25.3. The molecular weight excluding hydrogens is 626 g/mol. The van der Waals surface area contributed by atoms with Crippen molar-refractivity contribution in [2.24, 2.45) is 0 Å². The van der Waals surface area contributed by atoms with E-state index in [9.17, 15) is 0 Å². The van der Waals surface area contributed by atoms with Crippen LogP contribution in [0.15, 0.2) is 121 Å².